The number of nitrogens with zero attached hydrogens (tertiary/aromatic N) is 3. The van der Waals surface area contributed by atoms with E-state index in [0.717, 1.165) is 36.0 Å². The molecule has 3 aromatic rings. The van der Waals surface area contributed by atoms with Crippen LogP contribution >= 0.6 is 18.7 Å². The third-order valence-electron chi connectivity index (χ3n) is 6.10. The van der Waals surface area contributed by atoms with Crippen molar-refractivity contribution >= 4 is 47.2 Å². The quantitative estimate of drug-likeness (QED) is 0.397. The molecule has 0 spiro atoms. The van der Waals surface area contributed by atoms with Gasteiger partial charge in [-0.15, -0.1) is 0 Å². The normalized spacial score (nSPS) is 15.7. The van der Waals surface area contributed by atoms with E-state index < -0.39 is 7.14 Å². The van der Waals surface area contributed by atoms with E-state index in [1.165, 1.54) is 11.1 Å². The first-order valence-electron chi connectivity index (χ1n) is 11.3. The SMILES string of the molecule is COc1cc2c(cc1Nc1ncc(Cl)c(Nc3ccccc3P(C)(C)=O)n1)[C@H](N(C)C)CCC2. The second-order valence-electron chi connectivity index (χ2n) is 9.13. The zero-order valence-corrected chi connectivity index (χ0v) is 21.9. The lowest BCUT2D eigenvalue weighted by Crippen LogP contribution is -2.24. The van der Waals surface area contributed by atoms with Gasteiger partial charge in [0.1, 0.15) is 17.9 Å². The molecule has 1 atom stereocenters. The summed E-state index contributed by atoms with van der Waals surface area (Å²) in [6, 6.07) is 12.1. The summed E-state index contributed by atoms with van der Waals surface area (Å²) in [5, 5.41) is 7.66. The van der Waals surface area contributed by atoms with Crippen molar-refractivity contribution in [1.82, 2.24) is 14.9 Å². The molecular weight excluding hydrogens is 469 g/mol. The molecule has 0 unspecified atom stereocenters. The monoisotopic (exact) mass is 499 g/mol. The Morgan fingerprint density at radius 2 is 1.91 bits per heavy atom. The van der Waals surface area contributed by atoms with Crippen LogP contribution < -0.4 is 20.7 Å². The van der Waals surface area contributed by atoms with Crippen LogP contribution in [0.4, 0.5) is 23.1 Å². The molecule has 1 heterocycles. The lowest BCUT2D eigenvalue weighted by atomic mass is 9.86. The Labute approximate surface area is 206 Å². The predicted octanol–water partition coefficient (Wildman–Crippen LogP) is 5.81. The number of anilines is 4. The van der Waals surface area contributed by atoms with Crippen LogP contribution in [0.25, 0.3) is 0 Å². The number of aryl methyl sites for hydroxylation is 1. The van der Waals surface area contributed by atoms with Gasteiger partial charge >= 0.3 is 0 Å². The molecule has 180 valence electrons. The van der Waals surface area contributed by atoms with E-state index in [4.69, 9.17) is 16.3 Å². The average Bonchev–Trinajstić information content (AvgIpc) is 2.80. The van der Waals surface area contributed by atoms with Crippen LogP contribution in [0.2, 0.25) is 5.02 Å². The van der Waals surface area contributed by atoms with Gasteiger partial charge in [-0.25, -0.2) is 4.98 Å². The van der Waals surface area contributed by atoms with Crippen LogP contribution in [0.1, 0.15) is 30.0 Å². The number of hydrogen-bond donors (Lipinski definition) is 2. The van der Waals surface area contributed by atoms with Crippen molar-refractivity contribution in [3.8, 4) is 5.75 Å². The minimum atomic E-state index is -2.50. The molecule has 1 aromatic heterocycles. The molecule has 0 aliphatic heterocycles. The Morgan fingerprint density at radius 1 is 1.15 bits per heavy atom. The van der Waals surface area contributed by atoms with E-state index in [0.29, 0.717) is 28.5 Å². The lowest BCUT2D eigenvalue weighted by molar-refractivity contribution is 0.268. The van der Waals surface area contributed by atoms with Crippen LogP contribution in [0.5, 0.6) is 5.75 Å². The topological polar surface area (TPSA) is 79.4 Å². The smallest absolute Gasteiger partial charge is 0.229 e. The number of halogens is 1. The molecule has 34 heavy (non-hydrogen) atoms. The summed E-state index contributed by atoms with van der Waals surface area (Å²) in [6.07, 6.45) is 4.87. The summed E-state index contributed by atoms with van der Waals surface area (Å²) in [7, 11) is 3.39. The Bertz CT molecular complexity index is 1240. The maximum Gasteiger partial charge on any atom is 0.229 e. The van der Waals surface area contributed by atoms with Gasteiger partial charge in [-0.05, 0) is 82.1 Å². The second-order valence-corrected chi connectivity index (χ2v) is 12.7. The first kappa shape index (κ1) is 24.5. The molecule has 0 bridgehead atoms. The highest BCUT2D eigenvalue weighted by atomic mass is 35.5. The maximum atomic E-state index is 12.7. The third kappa shape index (κ3) is 5.22. The molecule has 1 aliphatic carbocycles. The molecule has 0 amide bonds. The van der Waals surface area contributed by atoms with E-state index >= 15 is 0 Å². The summed E-state index contributed by atoms with van der Waals surface area (Å²) in [6.45, 7) is 3.48. The van der Waals surface area contributed by atoms with Crippen LogP contribution in [0.15, 0.2) is 42.6 Å². The Hall–Kier alpha value is -2.60. The fourth-order valence-electron chi connectivity index (χ4n) is 4.42. The minimum absolute atomic E-state index is 0.355. The predicted molar refractivity (Wildman–Crippen MR) is 141 cm³/mol. The number of para-hydroxylation sites is 1. The summed E-state index contributed by atoms with van der Waals surface area (Å²) in [5.41, 5.74) is 4.12. The number of rotatable bonds is 7. The lowest BCUT2D eigenvalue weighted by Gasteiger charge is -2.31. The van der Waals surface area contributed by atoms with Gasteiger partial charge in [0.05, 0.1) is 24.7 Å². The Balaban J connectivity index is 1.67. The molecule has 4 rings (SSSR count). The standard InChI is InChI=1S/C25H31ClN5O2P/c1-31(2)21-11-8-9-16-13-22(33-3)20(14-17(16)21)29-25-27-15-18(26)24(30-25)28-19-10-6-7-12-23(19)34(4,5)32/h6-7,10,12-15,21H,8-9,11H2,1-5H3,(H2,27,28,29,30)/t21-/m1/s1. The van der Waals surface area contributed by atoms with E-state index in [1.54, 1.807) is 26.6 Å². The summed E-state index contributed by atoms with van der Waals surface area (Å²) in [4.78, 5) is 11.2. The van der Waals surface area contributed by atoms with Crippen molar-refractivity contribution in [1.29, 1.82) is 0 Å². The Kier molecular flexibility index (Phi) is 7.17. The Morgan fingerprint density at radius 3 is 2.62 bits per heavy atom. The number of aromatic nitrogens is 2. The average molecular weight is 500 g/mol. The number of fused-ring (bicyclic) bond motifs is 1. The molecule has 7 nitrogen and oxygen atoms in total. The van der Waals surface area contributed by atoms with Crippen molar-refractivity contribution in [3.05, 3.63) is 58.7 Å². The van der Waals surface area contributed by atoms with Gasteiger partial charge in [0.15, 0.2) is 5.82 Å². The van der Waals surface area contributed by atoms with Crippen LogP contribution in [0, 0.1) is 0 Å². The fraction of sp³-hybridized carbons (Fsp3) is 0.360. The third-order valence-corrected chi connectivity index (χ3v) is 7.92. The number of hydrogen-bond acceptors (Lipinski definition) is 7. The van der Waals surface area contributed by atoms with E-state index in [-0.39, 0.29) is 0 Å². The van der Waals surface area contributed by atoms with Gasteiger partial charge in [0.25, 0.3) is 0 Å². The van der Waals surface area contributed by atoms with Gasteiger partial charge in [0, 0.05) is 11.3 Å². The zero-order valence-electron chi connectivity index (χ0n) is 20.2. The number of ether oxygens (including phenoxy) is 1. The fourth-order valence-corrected chi connectivity index (χ4v) is 5.72. The zero-order chi connectivity index (χ0) is 24.5. The number of nitrogens with one attached hydrogen (secondary N) is 2. The van der Waals surface area contributed by atoms with Crippen LogP contribution in [-0.4, -0.2) is 49.4 Å². The minimum Gasteiger partial charge on any atom is -0.495 e. The van der Waals surface area contributed by atoms with Crippen molar-refractivity contribution < 1.29 is 9.30 Å². The first-order chi connectivity index (χ1) is 16.2. The molecule has 0 saturated heterocycles. The first-order valence-corrected chi connectivity index (χ1v) is 14.2. The summed E-state index contributed by atoms with van der Waals surface area (Å²) >= 11 is 6.41. The molecule has 9 heteroatoms. The molecule has 1 aliphatic rings. The van der Waals surface area contributed by atoms with Gasteiger partial charge in [-0.2, -0.15) is 4.98 Å². The van der Waals surface area contributed by atoms with Crippen molar-refractivity contribution in [2.75, 3.05) is 45.2 Å². The van der Waals surface area contributed by atoms with E-state index in [9.17, 15) is 4.57 Å². The van der Waals surface area contributed by atoms with E-state index in [2.05, 4.69) is 51.7 Å². The highest BCUT2D eigenvalue weighted by Gasteiger charge is 2.24. The molecule has 2 aromatic carbocycles. The maximum absolute atomic E-state index is 12.7. The molecule has 2 N–H and O–H groups in total. The molecule has 0 radical (unpaired) electrons. The molecule has 0 saturated carbocycles. The van der Waals surface area contributed by atoms with Gasteiger partial charge in [-0.3, -0.25) is 0 Å². The van der Waals surface area contributed by atoms with Gasteiger partial charge < -0.3 is 24.8 Å². The number of methoxy groups -OCH3 is 1. The van der Waals surface area contributed by atoms with Crippen molar-refractivity contribution in [3.63, 3.8) is 0 Å². The second kappa shape index (κ2) is 9.95. The van der Waals surface area contributed by atoms with Crippen LogP contribution in [0.3, 0.4) is 0 Å². The van der Waals surface area contributed by atoms with Crippen molar-refractivity contribution in [2.24, 2.45) is 0 Å². The van der Waals surface area contributed by atoms with Gasteiger partial charge in [-0.1, -0.05) is 23.7 Å². The highest BCUT2D eigenvalue weighted by molar-refractivity contribution is 7.70. The van der Waals surface area contributed by atoms with Crippen LogP contribution in [-0.2, 0) is 11.0 Å². The van der Waals surface area contributed by atoms with Crippen molar-refractivity contribution in [2.45, 2.75) is 25.3 Å². The summed E-state index contributed by atoms with van der Waals surface area (Å²) < 4.78 is 18.4. The molecular formula is C25H31ClN5O2P. The summed E-state index contributed by atoms with van der Waals surface area (Å²) in [5.74, 6) is 1.56. The molecule has 0 fully saturated rings. The van der Waals surface area contributed by atoms with E-state index in [1.807, 2.05) is 24.3 Å². The van der Waals surface area contributed by atoms with Gasteiger partial charge in [0.2, 0.25) is 5.95 Å². The highest BCUT2D eigenvalue weighted by Crippen LogP contribution is 2.41. The largest absolute Gasteiger partial charge is 0.495 e. The number of benzene rings is 2.